The van der Waals surface area contributed by atoms with E-state index < -0.39 is 11.8 Å². The van der Waals surface area contributed by atoms with E-state index >= 15 is 0 Å². The molecule has 0 aliphatic rings. The summed E-state index contributed by atoms with van der Waals surface area (Å²) in [6.45, 7) is -0.125. The molecular formula is C15H14N2O4. The Balaban J connectivity index is 1.90. The lowest BCUT2D eigenvalue weighted by molar-refractivity contribution is 0.0918. The maximum Gasteiger partial charge on any atom is 0.256 e. The number of para-hydroxylation sites is 2. The molecule has 2 rings (SSSR count). The number of rotatable bonds is 4. The fraction of sp³-hybridized carbons (Fsp3) is 0.0667. The highest BCUT2D eigenvalue weighted by atomic mass is 16.3. The van der Waals surface area contributed by atoms with Gasteiger partial charge in [-0.2, -0.15) is 0 Å². The zero-order chi connectivity index (χ0) is 15.2. The van der Waals surface area contributed by atoms with Gasteiger partial charge in [0.15, 0.2) is 0 Å². The minimum absolute atomic E-state index is 0.120. The molecule has 0 spiro atoms. The molecule has 4 N–H and O–H groups in total. The molecule has 2 aromatic rings. The van der Waals surface area contributed by atoms with Crippen LogP contribution in [-0.4, -0.2) is 28.7 Å². The molecule has 0 aliphatic heterocycles. The van der Waals surface area contributed by atoms with Crippen molar-refractivity contribution in [3.8, 4) is 11.5 Å². The average molecular weight is 286 g/mol. The number of hydrogen-bond donors (Lipinski definition) is 4. The molecule has 0 heterocycles. The Morgan fingerprint density at radius 3 is 1.52 bits per heavy atom. The number of hydrogen-bond acceptors (Lipinski definition) is 4. The molecular weight excluding hydrogens is 272 g/mol. The van der Waals surface area contributed by atoms with Gasteiger partial charge < -0.3 is 20.8 Å². The predicted octanol–water partition coefficient (Wildman–Crippen LogP) is 1.22. The van der Waals surface area contributed by atoms with Crippen LogP contribution in [0.15, 0.2) is 48.5 Å². The van der Waals surface area contributed by atoms with E-state index in [1.165, 1.54) is 24.3 Å². The van der Waals surface area contributed by atoms with Crippen LogP contribution in [0.5, 0.6) is 11.5 Å². The molecule has 21 heavy (non-hydrogen) atoms. The number of aromatic hydroxyl groups is 2. The van der Waals surface area contributed by atoms with Crippen LogP contribution in [0, 0.1) is 0 Å². The summed E-state index contributed by atoms with van der Waals surface area (Å²) in [5, 5.41) is 23.9. The van der Waals surface area contributed by atoms with Gasteiger partial charge in [-0.3, -0.25) is 9.59 Å². The van der Waals surface area contributed by atoms with Gasteiger partial charge in [0.1, 0.15) is 11.5 Å². The lowest BCUT2D eigenvalue weighted by atomic mass is 10.2. The minimum Gasteiger partial charge on any atom is -0.507 e. The van der Waals surface area contributed by atoms with Gasteiger partial charge in [-0.05, 0) is 24.3 Å². The summed E-state index contributed by atoms with van der Waals surface area (Å²) in [5.74, 6) is -1.29. The molecule has 0 radical (unpaired) electrons. The number of phenolic OH excluding ortho intramolecular Hbond substituents is 2. The quantitative estimate of drug-likeness (QED) is 0.635. The number of phenols is 2. The first kappa shape index (κ1) is 14.4. The van der Waals surface area contributed by atoms with Gasteiger partial charge in [0.25, 0.3) is 11.8 Å². The first-order valence-electron chi connectivity index (χ1n) is 6.22. The van der Waals surface area contributed by atoms with Crippen LogP contribution in [0.4, 0.5) is 0 Å². The van der Waals surface area contributed by atoms with Crippen molar-refractivity contribution in [2.24, 2.45) is 0 Å². The molecule has 6 heteroatoms. The van der Waals surface area contributed by atoms with Gasteiger partial charge in [0.05, 0.1) is 17.8 Å². The third-order valence-corrected chi connectivity index (χ3v) is 2.80. The number of carbonyl (C=O) groups excluding carboxylic acids is 2. The molecule has 0 unspecified atom stereocenters. The standard InChI is InChI=1S/C15H14N2O4/c18-12-7-3-1-5-10(12)14(20)16-9-17-15(21)11-6-2-4-8-13(11)19/h1-8,18-19H,9H2,(H,16,20)(H,17,21). The smallest absolute Gasteiger partial charge is 0.256 e. The monoisotopic (exact) mass is 286 g/mol. The largest absolute Gasteiger partial charge is 0.507 e. The van der Waals surface area contributed by atoms with Crippen molar-refractivity contribution >= 4 is 11.8 Å². The van der Waals surface area contributed by atoms with Crippen molar-refractivity contribution in [1.82, 2.24) is 10.6 Å². The molecule has 0 aromatic heterocycles. The highest BCUT2D eigenvalue weighted by Crippen LogP contribution is 2.15. The molecule has 0 atom stereocenters. The Hall–Kier alpha value is -3.02. The topological polar surface area (TPSA) is 98.7 Å². The van der Waals surface area contributed by atoms with Crippen LogP contribution in [0.25, 0.3) is 0 Å². The Kier molecular flexibility index (Phi) is 4.40. The van der Waals surface area contributed by atoms with E-state index in [2.05, 4.69) is 10.6 Å². The molecule has 0 bridgehead atoms. The third kappa shape index (κ3) is 3.50. The molecule has 2 aromatic carbocycles. The van der Waals surface area contributed by atoms with E-state index in [-0.39, 0.29) is 29.3 Å². The van der Waals surface area contributed by atoms with Gasteiger partial charge in [0, 0.05) is 0 Å². The summed E-state index contributed by atoms with van der Waals surface area (Å²) in [5.41, 5.74) is 0.239. The first-order chi connectivity index (χ1) is 10.1. The van der Waals surface area contributed by atoms with Crippen LogP contribution in [-0.2, 0) is 0 Å². The van der Waals surface area contributed by atoms with Crippen molar-refractivity contribution in [2.45, 2.75) is 0 Å². The molecule has 0 saturated carbocycles. The number of benzene rings is 2. The Morgan fingerprint density at radius 1 is 0.762 bits per heavy atom. The summed E-state index contributed by atoms with van der Waals surface area (Å²) in [4.78, 5) is 23.6. The van der Waals surface area contributed by atoms with E-state index in [1.54, 1.807) is 24.3 Å². The average Bonchev–Trinajstić information content (AvgIpc) is 2.48. The molecule has 108 valence electrons. The van der Waals surface area contributed by atoms with E-state index in [4.69, 9.17) is 0 Å². The van der Waals surface area contributed by atoms with Crippen LogP contribution in [0.3, 0.4) is 0 Å². The van der Waals surface area contributed by atoms with E-state index in [0.717, 1.165) is 0 Å². The minimum atomic E-state index is -0.509. The Bertz CT molecular complexity index is 613. The van der Waals surface area contributed by atoms with Gasteiger partial charge >= 0.3 is 0 Å². The molecule has 0 fully saturated rings. The van der Waals surface area contributed by atoms with Crippen molar-refractivity contribution in [3.63, 3.8) is 0 Å². The fourth-order valence-electron chi connectivity index (χ4n) is 1.73. The Labute approximate surface area is 121 Å². The van der Waals surface area contributed by atoms with Crippen LogP contribution in [0.2, 0.25) is 0 Å². The maximum absolute atomic E-state index is 11.8. The summed E-state index contributed by atoms with van der Waals surface area (Å²) >= 11 is 0. The van der Waals surface area contributed by atoms with Gasteiger partial charge in [-0.25, -0.2) is 0 Å². The lowest BCUT2D eigenvalue weighted by Crippen LogP contribution is -2.37. The fourth-order valence-corrected chi connectivity index (χ4v) is 1.73. The Morgan fingerprint density at radius 2 is 1.14 bits per heavy atom. The first-order valence-corrected chi connectivity index (χ1v) is 6.22. The van der Waals surface area contributed by atoms with Crippen LogP contribution in [0.1, 0.15) is 20.7 Å². The summed E-state index contributed by atoms with van der Waals surface area (Å²) in [6, 6.07) is 12.2. The summed E-state index contributed by atoms with van der Waals surface area (Å²) in [7, 11) is 0. The van der Waals surface area contributed by atoms with Gasteiger partial charge in [0.2, 0.25) is 0 Å². The zero-order valence-electron chi connectivity index (χ0n) is 11.0. The molecule has 6 nitrogen and oxygen atoms in total. The van der Waals surface area contributed by atoms with E-state index in [1.807, 2.05) is 0 Å². The van der Waals surface area contributed by atoms with Gasteiger partial charge in [-0.15, -0.1) is 0 Å². The van der Waals surface area contributed by atoms with E-state index in [0.29, 0.717) is 0 Å². The maximum atomic E-state index is 11.8. The summed E-state index contributed by atoms with van der Waals surface area (Å²) < 4.78 is 0. The number of carbonyl (C=O) groups is 2. The molecule has 0 aliphatic carbocycles. The van der Waals surface area contributed by atoms with Crippen molar-refractivity contribution < 1.29 is 19.8 Å². The SMILES string of the molecule is O=C(NCNC(=O)c1ccccc1O)c1ccccc1O. The number of nitrogens with one attached hydrogen (secondary N) is 2. The van der Waals surface area contributed by atoms with Crippen molar-refractivity contribution in [2.75, 3.05) is 6.67 Å². The zero-order valence-corrected chi connectivity index (χ0v) is 11.0. The number of amides is 2. The second kappa shape index (κ2) is 6.42. The molecule has 0 saturated heterocycles. The highest BCUT2D eigenvalue weighted by molar-refractivity contribution is 5.98. The lowest BCUT2D eigenvalue weighted by Gasteiger charge is -2.09. The third-order valence-electron chi connectivity index (χ3n) is 2.80. The van der Waals surface area contributed by atoms with Crippen molar-refractivity contribution in [3.05, 3.63) is 59.7 Å². The normalized spacial score (nSPS) is 9.90. The predicted molar refractivity (Wildman–Crippen MR) is 76.0 cm³/mol. The van der Waals surface area contributed by atoms with Crippen LogP contribution >= 0.6 is 0 Å². The van der Waals surface area contributed by atoms with Gasteiger partial charge in [-0.1, -0.05) is 24.3 Å². The molecule has 2 amide bonds. The second-order valence-electron chi connectivity index (χ2n) is 4.22. The van der Waals surface area contributed by atoms with Crippen LogP contribution < -0.4 is 10.6 Å². The highest BCUT2D eigenvalue weighted by Gasteiger charge is 2.12. The summed E-state index contributed by atoms with van der Waals surface area (Å²) in [6.07, 6.45) is 0. The second-order valence-corrected chi connectivity index (χ2v) is 4.22. The van der Waals surface area contributed by atoms with E-state index in [9.17, 15) is 19.8 Å². The van der Waals surface area contributed by atoms with Crippen molar-refractivity contribution in [1.29, 1.82) is 0 Å².